The number of benzene rings is 2. The third-order valence-corrected chi connectivity index (χ3v) is 8.04. The Balaban J connectivity index is 1.46. The number of nitrogens with zero attached hydrogens (tertiary/aromatic N) is 1. The maximum atomic E-state index is 14.3. The lowest BCUT2D eigenvalue weighted by molar-refractivity contribution is -0.146. The monoisotopic (exact) mass is 463 g/mol. The van der Waals surface area contributed by atoms with Gasteiger partial charge in [0.05, 0.1) is 11.8 Å². The summed E-state index contributed by atoms with van der Waals surface area (Å²) in [4.78, 5) is 42.6. The lowest BCUT2D eigenvalue weighted by Crippen LogP contribution is -2.54. The largest absolute Gasteiger partial charge is 0.508 e. The fourth-order valence-corrected chi connectivity index (χ4v) is 6.56. The van der Waals surface area contributed by atoms with Crippen LogP contribution in [0.15, 0.2) is 42.5 Å². The number of hydrogen-bond acceptors (Lipinski definition) is 5. The molecule has 6 rings (SSSR count). The van der Waals surface area contributed by atoms with Crippen molar-refractivity contribution < 1.29 is 23.9 Å². The number of halogens is 1. The van der Waals surface area contributed by atoms with Gasteiger partial charge >= 0.3 is 0 Å². The third kappa shape index (κ3) is 2.94. The number of carbonyl (C=O) groups excluding carboxylic acids is 3. The molecule has 3 N–H and O–H groups in total. The zero-order valence-electron chi connectivity index (χ0n) is 18.6. The highest BCUT2D eigenvalue weighted by Gasteiger charge is 2.70. The van der Waals surface area contributed by atoms with Crippen molar-refractivity contribution in [2.75, 3.05) is 5.32 Å². The van der Waals surface area contributed by atoms with Gasteiger partial charge in [-0.3, -0.25) is 24.6 Å². The summed E-state index contributed by atoms with van der Waals surface area (Å²) < 4.78 is 14.3. The third-order valence-electron chi connectivity index (χ3n) is 8.04. The van der Waals surface area contributed by atoms with E-state index in [-0.39, 0.29) is 23.6 Å². The summed E-state index contributed by atoms with van der Waals surface area (Å²) in [6.07, 6.45) is 4.95. The molecule has 3 aliphatic heterocycles. The normalized spacial score (nSPS) is 30.7. The zero-order chi connectivity index (χ0) is 23.6. The first kappa shape index (κ1) is 21.3. The number of anilines is 1. The van der Waals surface area contributed by atoms with E-state index in [1.165, 1.54) is 23.1 Å². The van der Waals surface area contributed by atoms with Gasteiger partial charge in [-0.2, -0.15) is 0 Å². The zero-order valence-corrected chi connectivity index (χ0v) is 18.6. The standard InChI is InChI=1S/C26H26FN3O4/c27-15-8-11-19-18(13-15)26(25(34)28-19)22-21(20(29-26)12-14-6-9-17(31)10-7-14)23(32)30(24(22)33)16-4-2-1-3-5-16/h6-11,13,16,20-22,29,31H,1-5,12H2,(H,28,34)/t20-,21+,22-,26-/m0/s1. The number of phenolic OH excluding ortho intramolecular Hbond substituents is 1. The molecule has 1 aliphatic carbocycles. The Morgan fingerprint density at radius 1 is 1.00 bits per heavy atom. The van der Waals surface area contributed by atoms with Crippen LogP contribution in [0, 0.1) is 17.7 Å². The summed E-state index contributed by atoms with van der Waals surface area (Å²) in [5.74, 6) is -3.05. The summed E-state index contributed by atoms with van der Waals surface area (Å²) in [5.41, 5.74) is 0.201. The van der Waals surface area contributed by atoms with E-state index >= 15 is 0 Å². The first-order valence-corrected chi connectivity index (χ1v) is 11.9. The summed E-state index contributed by atoms with van der Waals surface area (Å²) in [5, 5.41) is 15.8. The van der Waals surface area contributed by atoms with E-state index in [9.17, 15) is 23.9 Å². The molecule has 0 unspecified atom stereocenters. The molecular weight excluding hydrogens is 437 g/mol. The summed E-state index contributed by atoms with van der Waals surface area (Å²) in [7, 11) is 0. The molecule has 3 amide bonds. The van der Waals surface area contributed by atoms with E-state index in [1.807, 2.05) is 0 Å². The Bertz CT molecular complexity index is 1190. The predicted octanol–water partition coefficient (Wildman–Crippen LogP) is 2.83. The first-order chi connectivity index (χ1) is 16.4. The molecule has 2 aromatic carbocycles. The Kier molecular flexibility index (Phi) is 4.78. The van der Waals surface area contributed by atoms with Crippen LogP contribution in [0.3, 0.4) is 0 Å². The van der Waals surface area contributed by atoms with Crippen LogP contribution in [0.1, 0.15) is 43.2 Å². The van der Waals surface area contributed by atoms with Crippen molar-refractivity contribution in [3.05, 3.63) is 59.4 Å². The van der Waals surface area contributed by atoms with Crippen LogP contribution < -0.4 is 10.6 Å². The fraction of sp³-hybridized carbons (Fsp3) is 0.423. The molecule has 3 fully saturated rings. The minimum absolute atomic E-state index is 0.132. The second kappa shape index (κ2) is 7.63. The highest BCUT2D eigenvalue weighted by molar-refractivity contribution is 6.15. The average Bonchev–Trinajstić information content (AvgIpc) is 3.40. The molecule has 4 atom stereocenters. The van der Waals surface area contributed by atoms with Crippen LogP contribution in [0.4, 0.5) is 10.1 Å². The van der Waals surface area contributed by atoms with E-state index in [1.54, 1.807) is 24.3 Å². The molecule has 4 aliphatic rings. The van der Waals surface area contributed by atoms with Crippen LogP contribution in [0.2, 0.25) is 0 Å². The number of aromatic hydroxyl groups is 1. The number of nitrogens with one attached hydrogen (secondary N) is 2. The maximum absolute atomic E-state index is 14.3. The topological polar surface area (TPSA) is 98.7 Å². The minimum Gasteiger partial charge on any atom is -0.508 e. The molecule has 0 aromatic heterocycles. The van der Waals surface area contributed by atoms with Crippen molar-refractivity contribution in [3.8, 4) is 5.75 Å². The van der Waals surface area contributed by atoms with Gasteiger partial charge in [0.25, 0.3) is 0 Å². The molecule has 176 valence electrons. The van der Waals surface area contributed by atoms with Crippen LogP contribution in [0.5, 0.6) is 5.75 Å². The van der Waals surface area contributed by atoms with E-state index < -0.39 is 35.1 Å². The molecule has 8 heteroatoms. The number of imide groups is 1. The molecule has 3 heterocycles. The van der Waals surface area contributed by atoms with Gasteiger partial charge in [0.2, 0.25) is 17.7 Å². The molecule has 2 aromatic rings. The highest BCUT2D eigenvalue weighted by Crippen LogP contribution is 2.54. The fourth-order valence-electron chi connectivity index (χ4n) is 6.56. The quantitative estimate of drug-likeness (QED) is 0.608. The number of rotatable bonds is 3. The maximum Gasteiger partial charge on any atom is 0.250 e. The van der Waals surface area contributed by atoms with Crippen molar-refractivity contribution in [1.29, 1.82) is 0 Å². The molecule has 7 nitrogen and oxygen atoms in total. The van der Waals surface area contributed by atoms with Gasteiger partial charge in [-0.25, -0.2) is 4.39 Å². The van der Waals surface area contributed by atoms with Gasteiger partial charge in [-0.05, 0) is 55.2 Å². The van der Waals surface area contributed by atoms with E-state index in [2.05, 4.69) is 10.6 Å². The molecule has 0 radical (unpaired) electrons. The average molecular weight is 464 g/mol. The van der Waals surface area contributed by atoms with Crippen molar-refractivity contribution in [1.82, 2.24) is 10.2 Å². The predicted molar refractivity (Wildman–Crippen MR) is 121 cm³/mol. The number of fused-ring (bicyclic) bond motifs is 4. The molecule has 1 spiro atoms. The molecule has 0 bridgehead atoms. The van der Waals surface area contributed by atoms with Gasteiger partial charge in [-0.1, -0.05) is 31.4 Å². The highest BCUT2D eigenvalue weighted by atomic mass is 19.1. The Hall–Kier alpha value is -3.26. The van der Waals surface area contributed by atoms with E-state index in [0.29, 0.717) is 17.7 Å². The number of carbonyl (C=O) groups is 3. The number of hydrogen-bond donors (Lipinski definition) is 3. The summed E-state index contributed by atoms with van der Waals surface area (Å²) >= 11 is 0. The summed E-state index contributed by atoms with van der Waals surface area (Å²) in [6.45, 7) is 0. The lowest BCUT2D eigenvalue weighted by atomic mass is 9.76. The van der Waals surface area contributed by atoms with Gasteiger partial charge in [0.1, 0.15) is 17.1 Å². The van der Waals surface area contributed by atoms with E-state index in [0.717, 1.165) is 37.7 Å². The SMILES string of the molecule is O=C1[C@@H]2[C@H](Cc3ccc(O)cc3)N[C@]3(C(=O)Nc4ccc(F)cc43)[C@@H]2C(=O)N1C1CCCCC1. The van der Waals surface area contributed by atoms with Gasteiger partial charge < -0.3 is 10.4 Å². The summed E-state index contributed by atoms with van der Waals surface area (Å²) in [6, 6.07) is 10.1. The van der Waals surface area contributed by atoms with Crippen LogP contribution in [-0.2, 0) is 26.3 Å². The molecule has 34 heavy (non-hydrogen) atoms. The number of amides is 3. The Morgan fingerprint density at radius 3 is 2.47 bits per heavy atom. The lowest BCUT2D eigenvalue weighted by Gasteiger charge is -2.34. The van der Waals surface area contributed by atoms with Crippen LogP contribution in [0.25, 0.3) is 0 Å². The van der Waals surface area contributed by atoms with Crippen LogP contribution in [-0.4, -0.2) is 39.8 Å². The van der Waals surface area contributed by atoms with Crippen molar-refractivity contribution in [2.45, 2.75) is 56.1 Å². The van der Waals surface area contributed by atoms with Crippen molar-refractivity contribution in [2.24, 2.45) is 11.8 Å². The van der Waals surface area contributed by atoms with E-state index in [4.69, 9.17) is 0 Å². The Labute approximate surface area is 196 Å². The second-order valence-corrected chi connectivity index (χ2v) is 9.92. The van der Waals surface area contributed by atoms with Gasteiger partial charge in [0.15, 0.2) is 0 Å². The van der Waals surface area contributed by atoms with Gasteiger partial charge in [-0.15, -0.1) is 0 Å². The second-order valence-electron chi connectivity index (χ2n) is 9.92. The molecular formula is C26H26FN3O4. The minimum atomic E-state index is -1.50. The first-order valence-electron chi connectivity index (χ1n) is 11.9. The van der Waals surface area contributed by atoms with Crippen molar-refractivity contribution in [3.63, 3.8) is 0 Å². The molecule has 1 saturated carbocycles. The molecule has 2 saturated heterocycles. The van der Waals surface area contributed by atoms with Gasteiger partial charge in [0, 0.05) is 23.3 Å². The van der Waals surface area contributed by atoms with Crippen LogP contribution >= 0.6 is 0 Å². The number of likely N-dealkylation sites (tertiary alicyclic amines) is 1. The Morgan fingerprint density at radius 2 is 1.74 bits per heavy atom. The van der Waals surface area contributed by atoms with Crippen molar-refractivity contribution >= 4 is 23.4 Å². The number of phenols is 1. The smallest absolute Gasteiger partial charge is 0.250 e.